The lowest BCUT2D eigenvalue weighted by Crippen LogP contribution is -2.11. The molecule has 7 heteroatoms. The minimum atomic E-state index is 0.00992. The summed E-state index contributed by atoms with van der Waals surface area (Å²) < 4.78 is 0. The molecule has 0 fully saturated rings. The van der Waals surface area contributed by atoms with Gasteiger partial charge in [-0.1, -0.05) is 6.07 Å². The van der Waals surface area contributed by atoms with Gasteiger partial charge < -0.3 is 5.32 Å². The summed E-state index contributed by atoms with van der Waals surface area (Å²) in [6.07, 6.45) is 1.25. The summed E-state index contributed by atoms with van der Waals surface area (Å²) in [5.74, 6) is 0.543. The summed E-state index contributed by atoms with van der Waals surface area (Å²) in [5, 5.41) is 18.6. The highest BCUT2D eigenvalue weighted by Crippen LogP contribution is 2.17. The fourth-order valence-electron chi connectivity index (χ4n) is 1.90. The minimum Gasteiger partial charge on any atom is -0.326 e. The van der Waals surface area contributed by atoms with Crippen LogP contribution in [-0.4, -0.2) is 26.5 Å². The lowest BCUT2D eigenvalue weighted by atomic mass is 10.2. The van der Waals surface area contributed by atoms with Crippen LogP contribution in [0.15, 0.2) is 41.8 Å². The van der Waals surface area contributed by atoms with Crippen LogP contribution < -0.4 is 5.32 Å². The number of benzene rings is 1. The summed E-state index contributed by atoms with van der Waals surface area (Å²) in [4.78, 5) is 13.1. The first-order valence-corrected chi connectivity index (χ1v) is 7.35. The van der Waals surface area contributed by atoms with E-state index in [4.69, 9.17) is 0 Å². The fraction of sp³-hybridized carbons (Fsp3) is 0.143. The molecular weight excluding hydrogens is 286 g/mol. The quantitative estimate of drug-likeness (QED) is 0.758. The van der Waals surface area contributed by atoms with Crippen LogP contribution in [0.1, 0.15) is 11.3 Å². The van der Waals surface area contributed by atoms with Gasteiger partial charge in [0.2, 0.25) is 11.7 Å². The van der Waals surface area contributed by atoms with E-state index in [9.17, 15) is 4.79 Å². The number of nitrogens with zero attached hydrogens (tertiary/aromatic N) is 3. The molecule has 0 aliphatic heterocycles. The van der Waals surface area contributed by atoms with Gasteiger partial charge in [-0.15, -0.1) is 21.5 Å². The van der Waals surface area contributed by atoms with Crippen LogP contribution in [0.4, 0.5) is 5.69 Å². The van der Waals surface area contributed by atoms with Crippen LogP contribution in [0.25, 0.3) is 11.4 Å². The number of amides is 1. The second kappa shape index (κ2) is 6.27. The molecule has 3 rings (SSSR count). The number of rotatable bonds is 5. The monoisotopic (exact) mass is 299 g/mol. The van der Waals surface area contributed by atoms with Gasteiger partial charge in [0.1, 0.15) is 0 Å². The van der Waals surface area contributed by atoms with Crippen LogP contribution in [0.3, 0.4) is 0 Å². The molecule has 106 valence electrons. The second-order valence-corrected chi connectivity index (χ2v) is 5.47. The smallest absolute Gasteiger partial charge is 0.224 e. The van der Waals surface area contributed by atoms with Gasteiger partial charge in [-0.2, -0.15) is 5.21 Å². The molecule has 1 amide bonds. The van der Waals surface area contributed by atoms with E-state index in [1.54, 1.807) is 11.3 Å². The molecular formula is C14H13N5OS. The molecule has 0 radical (unpaired) electrons. The SMILES string of the molecule is O=C(CCc1cccs1)Nc1ccc(-c2nn[nH]n2)cc1. The molecule has 0 unspecified atom stereocenters. The largest absolute Gasteiger partial charge is 0.326 e. The van der Waals surface area contributed by atoms with Gasteiger partial charge in [0.05, 0.1) is 0 Å². The van der Waals surface area contributed by atoms with E-state index in [0.29, 0.717) is 12.2 Å². The number of H-pyrrole nitrogens is 1. The molecule has 21 heavy (non-hydrogen) atoms. The van der Waals surface area contributed by atoms with E-state index >= 15 is 0 Å². The standard InChI is InChI=1S/C14H13N5OS/c20-13(8-7-12-2-1-9-21-12)15-11-5-3-10(4-6-11)14-16-18-19-17-14/h1-6,9H,7-8H2,(H,15,20)(H,16,17,18,19). The van der Waals surface area contributed by atoms with Crippen molar-refractivity contribution in [1.29, 1.82) is 0 Å². The van der Waals surface area contributed by atoms with E-state index in [2.05, 4.69) is 25.9 Å². The Morgan fingerprint density at radius 1 is 1.24 bits per heavy atom. The van der Waals surface area contributed by atoms with Crippen molar-refractivity contribution in [3.63, 3.8) is 0 Å². The van der Waals surface area contributed by atoms with Crippen molar-refractivity contribution >= 4 is 22.9 Å². The van der Waals surface area contributed by atoms with Crippen molar-refractivity contribution in [2.75, 3.05) is 5.32 Å². The number of thiophene rings is 1. The first-order valence-electron chi connectivity index (χ1n) is 6.47. The number of aromatic amines is 1. The minimum absolute atomic E-state index is 0.00992. The Morgan fingerprint density at radius 2 is 2.10 bits per heavy atom. The first-order chi connectivity index (χ1) is 10.3. The number of carbonyl (C=O) groups excluding carboxylic acids is 1. The number of aryl methyl sites for hydroxylation is 1. The van der Waals surface area contributed by atoms with Gasteiger partial charge in [0.25, 0.3) is 0 Å². The van der Waals surface area contributed by atoms with Gasteiger partial charge in [-0.25, -0.2) is 0 Å². The van der Waals surface area contributed by atoms with Crippen molar-refractivity contribution in [2.24, 2.45) is 0 Å². The Kier molecular flexibility index (Phi) is 4.02. The number of anilines is 1. The number of tetrazole rings is 1. The topological polar surface area (TPSA) is 83.6 Å². The van der Waals surface area contributed by atoms with Crippen LogP contribution in [0.5, 0.6) is 0 Å². The Morgan fingerprint density at radius 3 is 2.76 bits per heavy atom. The molecule has 0 atom stereocenters. The Bertz CT molecular complexity index is 692. The average Bonchev–Trinajstić information content (AvgIpc) is 3.19. The van der Waals surface area contributed by atoms with Crippen molar-refractivity contribution < 1.29 is 4.79 Å². The van der Waals surface area contributed by atoms with Gasteiger partial charge in [0, 0.05) is 22.5 Å². The predicted octanol–water partition coefficient (Wildman–Crippen LogP) is 2.50. The number of aromatic nitrogens is 4. The third-order valence-electron chi connectivity index (χ3n) is 2.95. The molecule has 2 aromatic heterocycles. The van der Waals surface area contributed by atoms with Gasteiger partial charge in [-0.3, -0.25) is 4.79 Å². The number of hydrogen-bond donors (Lipinski definition) is 2. The third kappa shape index (κ3) is 3.51. The molecule has 2 N–H and O–H groups in total. The zero-order valence-electron chi connectivity index (χ0n) is 11.1. The summed E-state index contributed by atoms with van der Waals surface area (Å²) in [6.45, 7) is 0. The van der Waals surface area contributed by atoms with Gasteiger partial charge >= 0.3 is 0 Å². The van der Waals surface area contributed by atoms with Crippen molar-refractivity contribution in [2.45, 2.75) is 12.8 Å². The lowest BCUT2D eigenvalue weighted by molar-refractivity contribution is -0.116. The molecule has 0 bridgehead atoms. The molecule has 6 nitrogen and oxygen atoms in total. The molecule has 0 saturated carbocycles. The maximum atomic E-state index is 11.9. The van der Waals surface area contributed by atoms with E-state index in [-0.39, 0.29) is 5.91 Å². The summed E-state index contributed by atoms with van der Waals surface area (Å²) in [7, 11) is 0. The van der Waals surface area contributed by atoms with Crippen LogP contribution in [-0.2, 0) is 11.2 Å². The summed E-state index contributed by atoms with van der Waals surface area (Å²) in [5.41, 5.74) is 1.61. The summed E-state index contributed by atoms with van der Waals surface area (Å²) in [6, 6.07) is 11.4. The Hall–Kier alpha value is -2.54. The van der Waals surface area contributed by atoms with Crippen LogP contribution in [0, 0.1) is 0 Å². The van der Waals surface area contributed by atoms with Crippen molar-refractivity contribution in [3.8, 4) is 11.4 Å². The molecule has 0 saturated heterocycles. The molecule has 3 aromatic rings. The highest BCUT2D eigenvalue weighted by atomic mass is 32.1. The van der Waals surface area contributed by atoms with E-state index in [0.717, 1.165) is 17.7 Å². The van der Waals surface area contributed by atoms with Crippen LogP contribution >= 0.6 is 11.3 Å². The van der Waals surface area contributed by atoms with Crippen LogP contribution in [0.2, 0.25) is 0 Å². The maximum Gasteiger partial charge on any atom is 0.224 e. The maximum absolute atomic E-state index is 11.9. The van der Waals surface area contributed by atoms with Crippen molar-refractivity contribution in [1.82, 2.24) is 20.6 Å². The molecule has 0 aliphatic rings. The average molecular weight is 299 g/mol. The Balaban J connectivity index is 1.56. The predicted molar refractivity (Wildman–Crippen MR) is 80.9 cm³/mol. The zero-order valence-corrected chi connectivity index (χ0v) is 11.9. The number of carbonyl (C=O) groups is 1. The van der Waals surface area contributed by atoms with E-state index in [1.807, 2.05) is 41.8 Å². The van der Waals surface area contributed by atoms with Crippen molar-refractivity contribution in [3.05, 3.63) is 46.7 Å². The molecule has 0 spiro atoms. The highest BCUT2D eigenvalue weighted by Gasteiger charge is 2.06. The normalized spacial score (nSPS) is 10.5. The first kappa shape index (κ1) is 13.4. The van der Waals surface area contributed by atoms with E-state index < -0.39 is 0 Å². The number of hydrogen-bond acceptors (Lipinski definition) is 5. The lowest BCUT2D eigenvalue weighted by Gasteiger charge is -2.05. The third-order valence-corrected chi connectivity index (χ3v) is 3.89. The molecule has 1 aromatic carbocycles. The van der Waals surface area contributed by atoms with E-state index in [1.165, 1.54) is 4.88 Å². The Labute approximate surface area is 125 Å². The molecule has 2 heterocycles. The second-order valence-electron chi connectivity index (χ2n) is 4.44. The number of nitrogens with one attached hydrogen (secondary N) is 2. The fourth-order valence-corrected chi connectivity index (χ4v) is 2.61. The zero-order chi connectivity index (χ0) is 14.5. The molecule has 0 aliphatic carbocycles. The van der Waals surface area contributed by atoms with Gasteiger partial charge in [0.15, 0.2) is 0 Å². The highest BCUT2D eigenvalue weighted by molar-refractivity contribution is 7.09. The van der Waals surface area contributed by atoms with Gasteiger partial charge in [-0.05, 0) is 47.3 Å². The summed E-state index contributed by atoms with van der Waals surface area (Å²) >= 11 is 1.67.